The van der Waals surface area contributed by atoms with E-state index in [-0.39, 0.29) is 5.91 Å². The summed E-state index contributed by atoms with van der Waals surface area (Å²) in [5, 5.41) is 16.2. The van der Waals surface area contributed by atoms with Gasteiger partial charge in [-0.3, -0.25) is 9.89 Å². The standard InChI is InChI=1S/C24H24N4O2/c1-4-30-23-16(3)22(26-27-23)21-11-19(8-5-15(21)2)24(29)28-13-20(14-28)18-9-6-17(12-25)7-10-18/h5-11,20H,4,13-14H2,1-3H3,(H,26,27). The van der Waals surface area contributed by atoms with Crippen molar-refractivity contribution in [3.05, 3.63) is 70.3 Å². The fourth-order valence-corrected chi connectivity index (χ4v) is 3.81. The highest BCUT2D eigenvalue weighted by molar-refractivity contribution is 5.96. The van der Waals surface area contributed by atoms with Crippen LogP contribution in [0.2, 0.25) is 0 Å². The molecule has 152 valence electrons. The molecule has 1 aliphatic heterocycles. The van der Waals surface area contributed by atoms with Crippen LogP contribution in [0.1, 0.15) is 45.5 Å². The second-order valence-corrected chi connectivity index (χ2v) is 7.63. The molecule has 30 heavy (non-hydrogen) atoms. The summed E-state index contributed by atoms with van der Waals surface area (Å²) < 4.78 is 5.55. The maximum Gasteiger partial charge on any atom is 0.253 e. The van der Waals surface area contributed by atoms with Crippen LogP contribution in [0.15, 0.2) is 42.5 Å². The molecule has 6 nitrogen and oxygen atoms in total. The van der Waals surface area contributed by atoms with E-state index in [4.69, 9.17) is 10.00 Å². The lowest BCUT2D eigenvalue weighted by Gasteiger charge is -2.39. The minimum Gasteiger partial charge on any atom is -0.477 e. The molecule has 2 aromatic carbocycles. The van der Waals surface area contributed by atoms with Gasteiger partial charge in [-0.2, -0.15) is 5.26 Å². The van der Waals surface area contributed by atoms with Crippen molar-refractivity contribution in [3.8, 4) is 23.2 Å². The summed E-state index contributed by atoms with van der Waals surface area (Å²) in [6, 6.07) is 15.5. The third kappa shape index (κ3) is 3.55. The van der Waals surface area contributed by atoms with Crippen LogP contribution in [0.3, 0.4) is 0 Å². The number of nitrogens with one attached hydrogen (secondary N) is 1. The van der Waals surface area contributed by atoms with Gasteiger partial charge in [0.05, 0.1) is 23.9 Å². The molecule has 1 amide bonds. The van der Waals surface area contributed by atoms with E-state index in [0.717, 1.165) is 22.4 Å². The van der Waals surface area contributed by atoms with Crippen LogP contribution < -0.4 is 4.74 Å². The molecule has 3 aromatic rings. The van der Waals surface area contributed by atoms with Crippen molar-refractivity contribution in [2.75, 3.05) is 19.7 Å². The normalized spacial score (nSPS) is 13.6. The lowest BCUT2D eigenvalue weighted by atomic mass is 9.90. The van der Waals surface area contributed by atoms with E-state index >= 15 is 0 Å². The summed E-state index contributed by atoms with van der Waals surface area (Å²) in [4.78, 5) is 14.9. The van der Waals surface area contributed by atoms with Gasteiger partial charge in [0, 0.05) is 35.7 Å². The van der Waals surface area contributed by atoms with Crippen molar-refractivity contribution in [1.29, 1.82) is 5.26 Å². The summed E-state index contributed by atoms with van der Waals surface area (Å²) >= 11 is 0. The van der Waals surface area contributed by atoms with Gasteiger partial charge >= 0.3 is 0 Å². The van der Waals surface area contributed by atoms with Crippen molar-refractivity contribution in [2.45, 2.75) is 26.7 Å². The van der Waals surface area contributed by atoms with Crippen molar-refractivity contribution in [1.82, 2.24) is 15.1 Å². The number of nitriles is 1. The number of aromatic amines is 1. The van der Waals surface area contributed by atoms with E-state index in [1.807, 2.05) is 68.1 Å². The lowest BCUT2D eigenvalue weighted by Crippen LogP contribution is -2.48. The van der Waals surface area contributed by atoms with Crippen LogP contribution >= 0.6 is 0 Å². The zero-order chi connectivity index (χ0) is 21.3. The number of rotatable bonds is 5. The van der Waals surface area contributed by atoms with Crippen LogP contribution in [0.5, 0.6) is 5.88 Å². The maximum absolute atomic E-state index is 13.0. The number of H-pyrrole nitrogens is 1. The Morgan fingerprint density at radius 1 is 1.23 bits per heavy atom. The molecule has 0 aliphatic carbocycles. The Bertz CT molecular complexity index is 1120. The number of hydrogen-bond acceptors (Lipinski definition) is 4. The van der Waals surface area contributed by atoms with Crippen LogP contribution in [0.4, 0.5) is 0 Å². The lowest BCUT2D eigenvalue weighted by molar-refractivity contribution is 0.0602. The Labute approximate surface area is 176 Å². The average molecular weight is 400 g/mol. The largest absolute Gasteiger partial charge is 0.477 e. The van der Waals surface area contributed by atoms with Crippen molar-refractivity contribution in [2.24, 2.45) is 0 Å². The topological polar surface area (TPSA) is 82.0 Å². The van der Waals surface area contributed by atoms with Gasteiger partial charge in [0.25, 0.3) is 5.91 Å². The highest BCUT2D eigenvalue weighted by Gasteiger charge is 2.32. The number of aryl methyl sites for hydroxylation is 1. The van der Waals surface area contributed by atoms with E-state index in [0.29, 0.717) is 42.6 Å². The number of benzene rings is 2. The Morgan fingerprint density at radius 2 is 1.97 bits per heavy atom. The highest BCUT2D eigenvalue weighted by atomic mass is 16.5. The zero-order valence-corrected chi connectivity index (χ0v) is 17.4. The molecule has 0 spiro atoms. The van der Waals surface area contributed by atoms with Gasteiger partial charge in [0.1, 0.15) is 0 Å². The number of ether oxygens (including phenoxy) is 1. The number of likely N-dealkylation sites (tertiary alicyclic amines) is 1. The molecular formula is C24H24N4O2. The van der Waals surface area contributed by atoms with Crippen LogP contribution in [0.25, 0.3) is 11.3 Å². The summed E-state index contributed by atoms with van der Waals surface area (Å²) in [5.74, 6) is 0.940. The van der Waals surface area contributed by atoms with E-state index in [2.05, 4.69) is 16.3 Å². The van der Waals surface area contributed by atoms with Gasteiger partial charge in [-0.1, -0.05) is 18.2 Å². The summed E-state index contributed by atoms with van der Waals surface area (Å²) in [6.07, 6.45) is 0. The van der Waals surface area contributed by atoms with Crippen molar-refractivity contribution >= 4 is 5.91 Å². The Balaban J connectivity index is 1.50. The molecule has 1 aromatic heterocycles. The van der Waals surface area contributed by atoms with E-state index in [1.54, 1.807) is 0 Å². The fraction of sp³-hybridized carbons (Fsp3) is 0.292. The first-order valence-electron chi connectivity index (χ1n) is 10.1. The molecule has 2 heterocycles. The number of carbonyl (C=O) groups excluding carboxylic acids is 1. The van der Waals surface area contributed by atoms with Crippen molar-refractivity contribution < 1.29 is 9.53 Å². The van der Waals surface area contributed by atoms with Gasteiger partial charge in [-0.25, -0.2) is 0 Å². The van der Waals surface area contributed by atoms with Gasteiger partial charge in [-0.15, -0.1) is 5.10 Å². The summed E-state index contributed by atoms with van der Waals surface area (Å²) in [6.45, 7) is 7.84. The maximum atomic E-state index is 13.0. The Hall–Kier alpha value is -3.59. The van der Waals surface area contributed by atoms with Gasteiger partial charge in [-0.05, 0) is 56.2 Å². The molecule has 0 bridgehead atoms. The first-order chi connectivity index (χ1) is 14.5. The number of carbonyl (C=O) groups is 1. The van der Waals surface area contributed by atoms with Crippen LogP contribution in [-0.2, 0) is 0 Å². The second-order valence-electron chi connectivity index (χ2n) is 7.63. The average Bonchev–Trinajstić information content (AvgIpc) is 3.08. The molecule has 0 radical (unpaired) electrons. The molecule has 4 rings (SSSR count). The number of aromatic nitrogens is 2. The van der Waals surface area contributed by atoms with Crippen molar-refractivity contribution in [3.63, 3.8) is 0 Å². The molecule has 1 aliphatic rings. The monoisotopic (exact) mass is 400 g/mol. The molecular weight excluding hydrogens is 376 g/mol. The molecule has 1 fully saturated rings. The Kier molecular flexibility index (Phi) is 5.28. The minimum atomic E-state index is 0.0309. The minimum absolute atomic E-state index is 0.0309. The molecule has 6 heteroatoms. The van der Waals surface area contributed by atoms with Gasteiger partial charge in [0.2, 0.25) is 5.88 Å². The SMILES string of the molecule is CCOc1n[nH]c(-c2cc(C(=O)N3CC(c4ccc(C#N)cc4)C3)ccc2C)c1C. The number of hydrogen-bond donors (Lipinski definition) is 1. The third-order valence-corrected chi connectivity index (χ3v) is 5.68. The van der Waals surface area contributed by atoms with E-state index in [9.17, 15) is 4.79 Å². The zero-order valence-electron chi connectivity index (χ0n) is 17.4. The molecule has 0 unspecified atom stereocenters. The van der Waals surface area contributed by atoms with Gasteiger partial charge in [0.15, 0.2) is 0 Å². The first-order valence-corrected chi connectivity index (χ1v) is 10.1. The first kappa shape index (κ1) is 19.7. The Morgan fingerprint density at radius 3 is 2.63 bits per heavy atom. The predicted molar refractivity (Wildman–Crippen MR) is 114 cm³/mol. The molecule has 1 N–H and O–H groups in total. The van der Waals surface area contributed by atoms with Gasteiger partial charge < -0.3 is 9.64 Å². The van der Waals surface area contributed by atoms with Crippen LogP contribution in [0, 0.1) is 25.2 Å². The van der Waals surface area contributed by atoms with Crippen LogP contribution in [-0.4, -0.2) is 40.7 Å². The summed E-state index contributed by atoms with van der Waals surface area (Å²) in [5.41, 5.74) is 6.33. The smallest absolute Gasteiger partial charge is 0.253 e. The molecule has 0 saturated carbocycles. The third-order valence-electron chi connectivity index (χ3n) is 5.68. The highest BCUT2D eigenvalue weighted by Crippen LogP contribution is 2.32. The summed E-state index contributed by atoms with van der Waals surface area (Å²) in [7, 11) is 0. The number of amides is 1. The van der Waals surface area contributed by atoms with E-state index in [1.165, 1.54) is 5.56 Å². The molecule has 1 saturated heterocycles. The molecule has 0 atom stereocenters. The predicted octanol–water partition coefficient (Wildman–Crippen LogP) is 4.20. The quantitative estimate of drug-likeness (QED) is 0.696. The second kappa shape index (κ2) is 8.03. The fourth-order valence-electron chi connectivity index (χ4n) is 3.81. The number of nitrogens with zero attached hydrogens (tertiary/aromatic N) is 3. The van der Waals surface area contributed by atoms with E-state index < -0.39 is 0 Å².